The number of hydrogen-bond acceptors (Lipinski definition) is 0. The first-order chi connectivity index (χ1) is 11.8. The molecule has 0 aromatic rings. The molecule has 0 radical (unpaired) electrons. The predicted octanol–water partition coefficient (Wildman–Crippen LogP) is 9.46. The van der Waals surface area contributed by atoms with Gasteiger partial charge in [0.15, 0.2) is 0 Å². The van der Waals surface area contributed by atoms with E-state index >= 15 is 0 Å². The molecule has 0 aromatic heterocycles. The summed E-state index contributed by atoms with van der Waals surface area (Å²) in [5.74, 6) is 0.969. The van der Waals surface area contributed by atoms with Crippen LogP contribution in [0, 0.1) is 5.92 Å². The van der Waals surface area contributed by atoms with Crippen molar-refractivity contribution in [3.8, 4) is 0 Å². The summed E-state index contributed by atoms with van der Waals surface area (Å²) in [6.45, 7) is 7.05. The van der Waals surface area contributed by atoms with Gasteiger partial charge in [0.05, 0.1) is 0 Å². The van der Waals surface area contributed by atoms with Crippen molar-refractivity contribution >= 4 is 0 Å². The predicted molar refractivity (Wildman–Crippen MR) is 113 cm³/mol. The van der Waals surface area contributed by atoms with Crippen molar-refractivity contribution in [2.24, 2.45) is 5.92 Å². The first-order valence-electron chi connectivity index (χ1n) is 11.8. The van der Waals surface area contributed by atoms with Crippen molar-refractivity contribution in [1.29, 1.82) is 0 Å². The van der Waals surface area contributed by atoms with E-state index in [4.69, 9.17) is 0 Å². The van der Waals surface area contributed by atoms with Gasteiger partial charge in [-0.05, 0) is 5.92 Å². The van der Waals surface area contributed by atoms with Gasteiger partial charge in [0, 0.05) is 0 Å². The van der Waals surface area contributed by atoms with Gasteiger partial charge in [-0.2, -0.15) is 0 Å². The monoisotopic (exact) mass is 338 g/mol. The molecule has 0 heterocycles. The third-order valence-electron chi connectivity index (χ3n) is 5.60. The molecule has 0 aliphatic heterocycles. The minimum absolute atomic E-state index is 0.969. The Hall–Kier alpha value is 0. The summed E-state index contributed by atoms with van der Waals surface area (Å²) < 4.78 is 0. The average Bonchev–Trinajstić information content (AvgIpc) is 2.59. The van der Waals surface area contributed by atoms with E-state index in [-0.39, 0.29) is 0 Å². The van der Waals surface area contributed by atoms with E-state index in [1.54, 1.807) is 0 Å². The number of hydrogen-bond donors (Lipinski definition) is 0. The van der Waals surface area contributed by atoms with Gasteiger partial charge >= 0.3 is 0 Å². The molecule has 1 atom stereocenters. The molecule has 0 unspecified atom stereocenters. The maximum absolute atomic E-state index is 2.45. The van der Waals surface area contributed by atoms with Crippen LogP contribution in [-0.2, 0) is 0 Å². The molecular formula is C24H50. The molecule has 0 saturated carbocycles. The lowest BCUT2D eigenvalue weighted by atomic mass is 9.97. The fourth-order valence-corrected chi connectivity index (χ4v) is 3.74. The standard InChI is InChI=1S/C24H50/c1-4-6-8-9-10-11-12-13-14-15-16-17-18-19-20-21-23-24(3)22-7-5-2/h24H,4-23H2,1-3H3/t24-/m0/s1. The van der Waals surface area contributed by atoms with Crippen molar-refractivity contribution in [3.63, 3.8) is 0 Å². The summed E-state index contributed by atoms with van der Waals surface area (Å²) in [4.78, 5) is 0. The molecule has 0 amide bonds. The van der Waals surface area contributed by atoms with Crippen molar-refractivity contribution in [2.75, 3.05) is 0 Å². The summed E-state index contributed by atoms with van der Waals surface area (Å²) in [5.41, 5.74) is 0. The summed E-state index contributed by atoms with van der Waals surface area (Å²) in [6.07, 6.45) is 29.3. The second-order valence-corrected chi connectivity index (χ2v) is 8.34. The number of unbranched alkanes of at least 4 members (excludes halogenated alkanes) is 16. The van der Waals surface area contributed by atoms with Gasteiger partial charge in [-0.15, -0.1) is 0 Å². The fraction of sp³-hybridized carbons (Fsp3) is 1.00. The van der Waals surface area contributed by atoms with Crippen LogP contribution < -0.4 is 0 Å². The average molecular weight is 339 g/mol. The van der Waals surface area contributed by atoms with Gasteiger partial charge < -0.3 is 0 Å². The molecule has 0 aliphatic carbocycles. The third-order valence-corrected chi connectivity index (χ3v) is 5.60. The molecule has 0 aliphatic rings. The van der Waals surface area contributed by atoms with Gasteiger partial charge in [0.2, 0.25) is 0 Å². The lowest BCUT2D eigenvalue weighted by Gasteiger charge is -2.10. The summed E-state index contributed by atoms with van der Waals surface area (Å²) >= 11 is 0. The molecular weight excluding hydrogens is 288 g/mol. The van der Waals surface area contributed by atoms with Crippen molar-refractivity contribution < 1.29 is 0 Å². The van der Waals surface area contributed by atoms with E-state index in [0.717, 1.165) is 5.92 Å². The SMILES string of the molecule is CCCCCCCCCCCCCCCCCC[C@@H](C)CCCC. The zero-order chi connectivity index (χ0) is 17.7. The smallest absolute Gasteiger partial charge is 0.0443 e. The van der Waals surface area contributed by atoms with Gasteiger partial charge in [0.25, 0.3) is 0 Å². The van der Waals surface area contributed by atoms with E-state index in [2.05, 4.69) is 20.8 Å². The molecule has 0 rings (SSSR count). The highest BCUT2D eigenvalue weighted by molar-refractivity contribution is 4.55. The Balaban J connectivity index is 3.02. The molecule has 0 bridgehead atoms. The fourth-order valence-electron chi connectivity index (χ4n) is 3.74. The maximum atomic E-state index is 2.45. The van der Waals surface area contributed by atoms with Crippen LogP contribution in [-0.4, -0.2) is 0 Å². The highest BCUT2D eigenvalue weighted by Gasteiger charge is 2.01. The molecule has 0 N–H and O–H groups in total. The van der Waals surface area contributed by atoms with Crippen LogP contribution in [0.1, 0.15) is 149 Å². The van der Waals surface area contributed by atoms with Crippen LogP contribution >= 0.6 is 0 Å². The van der Waals surface area contributed by atoms with E-state index in [0.29, 0.717) is 0 Å². The largest absolute Gasteiger partial charge is 0.0654 e. The second-order valence-electron chi connectivity index (χ2n) is 8.34. The van der Waals surface area contributed by atoms with Crippen molar-refractivity contribution in [2.45, 2.75) is 149 Å². The first-order valence-corrected chi connectivity index (χ1v) is 11.8. The van der Waals surface area contributed by atoms with E-state index in [1.165, 1.54) is 128 Å². The Kier molecular flexibility index (Phi) is 21.0. The molecule has 24 heavy (non-hydrogen) atoms. The van der Waals surface area contributed by atoms with Crippen molar-refractivity contribution in [1.82, 2.24) is 0 Å². The molecule has 0 aromatic carbocycles. The molecule has 0 spiro atoms. The summed E-state index contributed by atoms with van der Waals surface area (Å²) in [6, 6.07) is 0. The lowest BCUT2D eigenvalue weighted by molar-refractivity contribution is 0.440. The van der Waals surface area contributed by atoms with Crippen molar-refractivity contribution in [3.05, 3.63) is 0 Å². The summed E-state index contributed by atoms with van der Waals surface area (Å²) in [5, 5.41) is 0. The van der Waals surface area contributed by atoms with Crippen LogP contribution in [0.15, 0.2) is 0 Å². The highest BCUT2D eigenvalue weighted by atomic mass is 14.1. The van der Waals surface area contributed by atoms with Crippen LogP contribution in [0.2, 0.25) is 0 Å². The molecule has 146 valence electrons. The normalized spacial score (nSPS) is 12.6. The Labute approximate surface area is 155 Å². The van der Waals surface area contributed by atoms with Gasteiger partial charge in [0.1, 0.15) is 0 Å². The zero-order valence-corrected chi connectivity index (χ0v) is 17.7. The second kappa shape index (κ2) is 21.0. The molecule has 0 fully saturated rings. The quantitative estimate of drug-likeness (QED) is 0.194. The minimum Gasteiger partial charge on any atom is -0.0654 e. The highest BCUT2D eigenvalue weighted by Crippen LogP contribution is 2.17. The molecule has 0 nitrogen and oxygen atoms in total. The van der Waals surface area contributed by atoms with E-state index < -0.39 is 0 Å². The van der Waals surface area contributed by atoms with E-state index in [1.807, 2.05) is 0 Å². The molecule has 0 saturated heterocycles. The van der Waals surface area contributed by atoms with Gasteiger partial charge in [-0.25, -0.2) is 0 Å². The lowest BCUT2D eigenvalue weighted by Crippen LogP contribution is -1.94. The van der Waals surface area contributed by atoms with Crippen LogP contribution in [0.4, 0.5) is 0 Å². The van der Waals surface area contributed by atoms with Gasteiger partial charge in [-0.1, -0.05) is 149 Å². The Morgan fingerprint density at radius 3 is 1.04 bits per heavy atom. The third kappa shape index (κ3) is 20.0. The first kappa shape index (κ1) is 24.0. The van der Waals surface area contributed by atoms with E-state index in [9.17, 15) is 0 Å². The molecule has 0 heteroatoms. The minimum atomic E-state index is 0.969. The van der Waals surface area contributed by atoms with Gasteiger partial charge in [-0.3, -0.25) is 0 Å². The Bertz CT molecular complexity index is 208. The van der Waals surface area contributed by atoms with Crippen LogP contribution in [0.25, 0.3) is 0 Å². The topological polar surface area (TPSA) is 0 Å². The van der Waals surface area contributed by atoms with Crippen LogP contribution in [0.3, 0.4) is 0 Å². The summed E-state index contributed by atoms with van der Waals surface area (Å²) in [7, 11) is 0. The van der Waals surface area contributed by atoms with Crippen LogP contribution in [0.5, 0.6) is 0 Å². The maximum Gasteiger partial charge on any atom is -0.0443 e. The zero-order valence-electron chi connectivity index (χ0n) is 17.7. The Morgan fingerprint density at radius 1 is 0.375 bits per heavy atom. The Morgan fingerprint density at radius 2 is 0.667 bits per heavy atom. The number of rotatable bonds is 20.